The van der Waals surface area contributed by atoms with Gasteiger partial charge in [0.15, 0.2) is 5.58 Å². The second kappa shape index (κ2) is 10.4. The normalized spacial score (nSPS) is 14.0. The van der Waals surface area contributed by atoms with Gasteiger partial charge in [-0.15, -0.1) is 13.2 Å². The van der Waals surface area contributed by atoms with E-state index in [1.807, 2.05) is 30.9 Å². The van der Waals surface area contributed by atoms with E-state index in [1.165, 1.54) is 12.1 Å². The number of anilines is 4. The Morgan fingerprint density at radius 1 is 1.05 bits per heavy atom. The quantitative estimate of drug-likeness (QED) is 0.184. The summed E-state index contributed by atoms with van der Waals surface area (Å²) in [5.41, 5.74) is 4.14. The highest BCUT2D eigenvalue weighted by molar-refractivity contribution is 6.31. The van der Waals surface area contributed by atoms with Crippen molar-refractivity contribution in [1.82, 2.24) is 4.98 Å². The van der Waals surface area contributed by atoms with Gasteiger partial charge in [-0.3, -0.25) is 0 Å². The number of alkyl halides is 3. The van der Waals surface area contributed by atoms with E-state index in [-0.39, 0.29) is 11.4 Å². The standard InChI is InChI=1S/C31H24ClF3N4O4/c1-30(2)16-39(27-24(40)14-12-20(26(27)30)28-37-22-13-7-17(32)15-25(22)42-28)23-6-4-3-5-21(23)38-29(41)36-18-8-10-19(11-9-18)43-31(33,34)35/h3-15,40H,16H2,1-2H3,(H2,36,38,41). The van der Waals surface area contributed by atoms with Gasteiger partial charge in [-0.2, -0.15) is 0 Å². The molecule has 1 aliphatic heterocycles. The third kappa shape index (κ3) is 5.63. The van der Waals surface area contributed by atoms with Crippen molar-refractivity contribution < 1.29 is 32.2 Å². The van der Waals surface area contributed by atoms with Gasteiger partial charge in [-0.05, 0) is 66.2 Å². The van der Waals surface area contributed by atoms with Crippen LogP contribution in [0.3, 0.4) is 0 Å². The number of hydrogen-bond acceptors (Lipinski definition) is 6. The summed E-state index contributed by atoms with van der Waals surface area (Å²) >= 11 is 6.14. The summed E-state index contributed by atoms with van der Waals surface area (Å²) in [6, 6.07) is 19.9. The molecule has 5 aromatic rings. The third-order valence-electron chi connectivity index (χ3n) is 7.03. The van der Waals surface area contributed by atoms with Gasteiger partial charge in [0.2, 0.25) is 5.89 Å². The minimum absolute atomic E-state index is 0.0453. The van der Waals surface area contributed by atoms with Crippen LogP contribution in [0.5, 0.6) is 11.5 Å². The molecule has 2 heterocycles. The molecule has 220 valence electrons. The number of carbonyl (C=O) groups excluding carboxylic acids is 1. The summed E-state index contributed by atoms with van der Waals surface area (Å²) in [5, 5.41) is 17.1. The van der Waals surface area contributed by atoms with Gasteiger partial charge in [-0.25, -0.2) is 9.78 Å². The fourth-order valence-corrected chi connectivity index (χ4v) is 5.49. The highest BCUT2D eigenvalue weighted by atomic mass is 35.5. The second-order valence-corrected chi connectivity index (χ2v) is 11.1. The number of aromatic nitrogens is 1. The second-order valence-electron chi connectivity index (χ2n) is 10.6. The lowest BCUT2D eigenvalue weighted by Crippen LogP contribution is -2.27. The Morgan fingerprint density at radius 3 is 2.53 bits per heavy atom. The Balaban J connectivity index is 1.31. The molecule has 0 radical (unpaired) electrons. The number of oxazole rings is 1. The van der Waals surface area contributed by atoms with Crippen molar-refractivity contribution in [3.05, 3.63) is 89.4 Å². The first-order valence-electron chi connectivity index (χ1n) is 13.1. The molecule has 0 atom stereocenters. The van der Waals surface area contributed by atoms with E-state index in [0.29, 0.717) is 51.2 Å². The summed E-state index contributed by atoms with van der Waals surface area (Å²) in [6.07, 6.45) is -4.81. The number of ether oxygens (including phenoxy) is 1. The summed E-state index contributed by atoms with van der Waals surface area (Å²) in [7, 11) is 0. The molecule has 0 fully saturated rings. The molecule has 0 unspecified atom stereocenters. The highest BCUT2D eigenvalue weighted by Gasteiger charge is 2.41. The number of urea groups is 1. The van der Waals surface area contributed by atoms with Gasteiger partial charge in [0.25, 0.3) is 0 Å². The molecule has 1 aliphatic rings. The lowest BCUT2D eigenvalue weighted by molar-refractivity contribution is -0.274. The average molecular weight is 609 g/mol. The minimum Gasteiger partial charge on any atom is -0.506 e. The van der Waals surface area contributed by atoms with E-state index in [2.05, 4.69) is 20.4 Å². The van der Waals surface area contributed by atoms with Crippen molar-refractivity contribution in [3.8, 4) is 23.0 Å². The van der Waals surface area contributed by atoms with Crippen LogP contribution in [0, 0.1) is 0 Å². The number of carbonyl (C=O) groups is 1. The zero-order valence-corrected chi connectivity index (χ0v) is 23.5. The number of nitrogens with zero attached hydrogens (tertiary/aromatic N) is 2. The lowest BCUT2D eigenvalue weighted by Gasteiger charge is -2.25. The monoisotopic (exact) mass is 608 g/mol. The molecule has 0 saturated heterocycles. The molecule has 2 amide bonds. The SMILES string of the molecule is CC1(C)CN(c2ccccc2NC(=O)Nc2ccc(OC(F)(F)F)cc2)c2c(O)ccc(-c3nc4ccc(Cl)cc4o3)c21. The maximum absolute atomic E-state index is 12.9. The van der Waals surface area contributed by atoms with Gasteiger partial charge in [0, 0.05) is 34.3 Å². The van der Waals surface area contributed by atoms with Crippen molar-refractivity contribution in [1.29, 1.82) is 0 Å². The van der Waals surface area contributed by atoms with Crippen molar-refractivity contribution in [3.63, 3.8) is 0 Å². The van der Waals surface area contributed by atoms with Crippen molar-refractivity contribution in [2.45, 2.75) is 25.6 Å². The molecule has 4 aromatic carbocycles. The molecular formula is C31H24ClF3N4O4. The number of amides is 2. The number of rotatable bonds is 5. The Morgan fingerprint density at radius 2 is 1.79 bits per heavy atom. The van der Waals surface area contributed by atoms with Gasteiger partial charge in [-0.1, -0.05) is 37.6 Å². The van der Waals surface area contributed by atoms with Crippen LogP contribution in [0.25, 0.3) is 22.6 Å². The third-order valence-corrected chi connectivity index (χ3v) is 7.26. The van der Waals surface area contributed by atoms with Crippen LogP contribution in [0.1, 0.15) is 19.4 Å². The van der Waals surface area contributed by atoms with Crippen molar-refractivity contribution in [2.24, 2.45) is 0 Å². The van der Waals surface area contributed by atoms with Gasteiger partial charge < -0.3 is 29.8 Å². The topological polar surface area (TPSA) is 99.9 Å². The molecule has 0 spiro atoms. The van der Waals surface area contributed by atoms with Gasteiger partial charge in [0.05, 0.1) is 17.1 Å². The van der Waals surface area contributed by atoms with Crippen LogP contribution in [0.15, 0.2) is 83.3 Å². The molecule has 0 saturated carbocycles. The van der Waals surface area contributed by atoms with Gasteiger partial charge in [0.1, 0.15) is 17.0 Å². The van der Waals surface area contributed by atoms with Crippen LogP contribution >= 0.6 is 11.6 Å². The summed E-state index contributed by atoms with van der Waals surface area (Å²) in [4.78, 5) is 19.5. The number of hydrogen-bond donors (Lipinski definition) is 3. The smallest absolute Gasteiger partial charge is 0.506 e. The first-order valence-corrected chi connectivity index (χ1v) is 13.5. The van der Waals surface area contributed by atoms with E-state index in [1.54, 1.807) is 42.5 Å². The fourth-order valence-electron chi connectivity index (χ4n) is 5.33. The summed E-state index contributed by atoms with van der Waals surface area (Å²) in [6.45, 7) is 4.55. The number of aromatic hydroxyl groups is 1. The highest BCUT2D eigenvalue weighted by Crippen LogP contribution is 2.53. The van der Waals surface area contributed by atoms with Crippen LogP contribution in [-0.2, 0) is 5.41 Å². The van der Waals surface area contributed by atoms with Crippen molar-refractivity contribution in [2.75, 3.05) is 22.1 Å². The average Bonchev–Trinajstić information content (AvgIpc) is 3.48. The summed E-state index contributed by atoms with van der Waals surface area (Å²) in [5.74, 6) is 0.0321. The molecular weight excluding hydrogens is 585 g/mol. The Kier molecular flexibility index (Phi) is 6.84. The Bertz CT molecular complexity index is 1850. The first-order chi connectivity index (χ1) is 20.4. The van der Waals surface area contributed by atoms with E-state index < -0.39 is 23.6 Å². The predicted octanol–water partition coefficient (Wildman–Crippen LogP) is 8.83. The van der Waals surface area contributed by atoms with Crippen molar-refractivity contribution >= 4 is 51.5 Å². The van der Waals surface area contributed by atoms with E-state index >= 15 is 0 Å². The molecule has 0 aliphatic carbocycles. The number of fused-ring (bicyclic) bond motifs is 2. The molecule has 8 nitrogen and oxygen atoms in total. The fraction of sp³-hybridized carbons (Fsp3) is 0.161. The number of phenolic OH excluding ortho intramolecular Hbond substituents is 1. The first kappa shape index (κ1) is 28.2. The largest absolute Gasteiger partial charge is 0.573 e. The summed E-state index contributed by atoms with van der Waals surface area (Å²) < 4.78 is 47.3. The van der Waals surface area contributed by atoms with Crippen LogP contribution in [0.4, 0.5) is 40.7 Å². The molecule has 43 heavy (non-hydrogen) atoms. The van der Waals surface area contributed by atoms with Crippen LogP contribution in [-0.4, -0.2) is 29.0 Å². The number of halogens is 4. The Labute approximate surface area is 248 Å². The molecule has 3 N–H and O–H groups in total. The number of benzene rings is 4. The number of para-hydroxylation sites is 2. The van der Waals surface area contributed by atoms with E-state index in [4.69, 9.17) is 16.0 Å². The molecule has 12 heteroatoms. The zero-order valence-electron chi connectivity index (χ0n) is 22.8. The maximum Gasteiger partial charge on any atom is 0.573 e. The molecule has 0 bridgehead atoms. The molecule has 1 aromatic heterocycles. The maximum atomic E-state index is 12.9. The molecule has 6 rings (SSSR count). The Hall–Kier alpha value is -4.90. The van der Waals surface area contributed by atoms with Crippen LogP contribution in [0.2, 0.25) is 5.02 Å². The number of phenols is 1. The zero-order chi connectivity index (χ0) is 30.5. The predicted molar refractivity (Wildman–Crippen MR) is 158 cm³/mol. The minimum atomic E-state index is -4.81. The van der Waals surface area contributed by atoms with E-state index in [9.17, 15) is 23.1 Å². The number of nitrogens with one attached hydrogen (secondary N) is 2. The lowest BCUT2D eigenvalue weighted by atomic mass is 9.83. The van der Waals surface area contributed by atoms with Gasteiger partial charge >= 0.3 is 12.4 Å². The van der Waals surface area contributed by atoms with E-state index in [0.717, 1.165) is 17.7 Å². The van der Waals surface area contributed by atoms with Crippen LogP contribution < -0.4 is 20.3 Å².